The highest BCUT2D eigenvalue weighted by Crippen LogP contribution is 2.22. The zero-order valence-electron chi connectivity index (χ0n) is 11.4. The van der Waals surface area contributed by atoms with Crippen molar-refractivity contribution in [2.24, 2.45) is 0 Å². The first-order valence-corrected chi connectivity index (χ1v) is 5.97. The molecule has 1 aromatic rings. The molecule has 0 radical (unpaired) electrons. The van der Waals surface area contributed by atoms with E-state index in [1.807, 2.05) is 18.5 Å². The lowest BCUT2D eigenvalue weighted by Gasteiger charge is -2.09. The zero-order chi connectivity index (χ0) is 13.7. The number of anilines is 1. The number of rotatable bonds is 5. The van der Waals surface area contributed by atoms with Gasteiger partial charge in [0.15, 0.2) is 0 Å². The van der Waals surface area contributed by atoms with Gasteiger partial charge in [0.1, 0.15) is 0 Å². The van der Waals surface area contributed by atoms with Crippen molar-refractivity contribution in [3.05, 3.63) is 11.4 Å². The highest BCUT2D eigenvalue weighted by molar-refractivity contribution is 5.93. The van der Waals surface area contributed by atoms with Gasteiger partial charge in [-0.1, -0.05) is 5.92 Å². The lowest BCUT2D eigenvalue weighted by Crippen LogP contribution is -2.28. The van der Waals surface area contributed by atoms with Gasteiger partial charge in [0.05, 0.1) is 30.2 Å². The van der Waals surface area contributed by atoms with E-state index in [2.05, 4.69) is 35.5 Å². The number of amides is 1. The van der Waals surface area contributed by atoms with E-state index in [0.717, 1.165) is 17.1 Å². The first-order chi connectivity index (χ1) is 8.47. The summed E-state index contributed by atoms with van der Waals surface area (Å²) in [5, 5.41) is 10.1. The first-order valence-electron chi connectivity index (χ1n) is 5.97. The number of aromatic nitrogens is 2. The van der Waals surface area contributed by atoms with Crippen molar-refractivity contribution < 1.29 is 4.79 Å². The van der Waals surface area contributed by atoms with Gasteiger partial charge in [0.25, 0.3) is 0 Å². The molecule has 5 heteroatoms. The van der Waals surface area contributed by atoms with Crippen LogP contribution in [0.5, 0.6) is 0 Å². The average Bonchev–Trinajstić information content (AvgIpc) is 2.57. The molecule has 1 rings (SSSR count). The molecule has 0 spiro atoms. The second-order valence-corrected chi connectivity index (χ2v) is 4.44. The molecule has 0 saturated carbocycles. The Labute approximate surface area is 108 Å². The zero-order valence-corrected chi connectivity index (χ0v) is 11.4. The normalized spacial score (nSPS) is 10.4. The maximum atomic E-state index is 11.7. The molecule has 0 saturated heterocycles. The van der Waals surface area contributed by atoms with Crippen LogP contribution in [0, 0.1) is 26.2 Å². The van der Waals surface area contributed by atoms with Crippen LogP contribution >= 0.6 is 0 Å². The summed E-state index contributed by atoms with van der Waals surface area (Å²) >= 11 is 0. The van der Waals surface area contributed by atoms with E-state index in [4.69, 9.17) is 6.42 Å². The SMILES string of the molecule is C#CCNCC(=O)Nc1c(C)nn(C(C)C)c1C. The predicted molar refractivity (Wildman–Crippen MR) is 72.4 cm³/mol. The number of hydrogen-bond donors (Lipinski definition) is 2. The lowest BCUT2D eigenvalue weighted by molar-refractivity contribution is -0.115. The summed E-state index contributed by atoms with van der Waals surface area (Å²) in [4.78, 5) is 11.7. The van der Waals surface area contributed by atoms with E-state index in [0.29, 0.717) is 6.54 Å². The lowest BCUT2D eigenvalue weighted by atomic mass is 10.3. The van der Waals surface area contributed by atoms with E-state index in [1.165, 1.54) is 0 Å². The van der Waals surface area contributed by atoms with Gasteiger partial charge in [0, 0.05) is 6.04 Å². The largest absolute Gasteiger partial charge is 0.322 e. The molecule has 0 aliphatic heterocycles. The van der Waals surface area contributed by atoms with Crippen LogP contribution < -0.4 is 10.6 Å². The fraction of sp³-hybridized carbons (Fsp3) is 0.538. The number of aryl methyl sites for hydroxylation is 1. The van der Waals surface area contributed by atoms with Gasteiger partial charge in [-0.3, -0.25) is 14.8 Å². The molecule has 0 aliphatic carbocycles. The van der Waals surface area contributed by atoms with Crippen molar-refractivity contribution in [2.45, 2.75) is 33.7 Å². The Morgan fingerprint density at radius 1 is 1.50 bits per heavy atom. The van der Waals surface area contributed by atoms with Gasteiger partial charge < -0.3 is 5.32 Å². The summed E-state index contributed by atoms with van der Waals surface area (Å²) in [6, 6.07) is 0.272. The topological polar surface area (TPSA) is 59.0 Å². The van der Waals surface area contributed by atoms with Crippen molar-refractivity contribution in [2.75, 3.05) is 18.4 Å². The molecule has 0 unspecified atom stereocenters. The van der Waals surface area contributed by atoms with Crippen LogP contribution in [0.2, 0.25) is 0 Å². The summed E-state index contributed by atoms with van der Waals surface area (Å²) in [5.41, 5.74) is 2.58. The molecule has 5 nitrogen and oxygen atoms in total. The van der Waals surface area contributed by atoms with Crippen LogP contribution in [0.4, 0.5) is 5.69 Å². The van der Waals surface area contributed by atoms with Gasteiger partial charge >= 0.3 is 0 Å². The Balaban J connectivity index is 2.73. The molecular formula is C13H20N4O. The van der Waals surface area contributed by atoms with E-state index in [9.17, 15) is 4.79 Å². The van der Waals surface area contributed by atoms with E-state index in [1.54, 1.807) is 0 Å². The number of terminal acetylenes is 1. The average molecular weight is 248 g/mol. The van der Waals surface area contributed by atoms with E-state index < -0.39 is 0 Å². The van der Waals surface area contributed by atoms with E-state index in [-0.39, 0.29) is 18.5 Å². The summed E-state index contributed by atoms with van der Waals surface area (Å²) in [5.74, 6) is 2.31. The van der Waals surface area contributed by atoms with Crippen molar-refractivity contribution in [3.63, 3.8) is 0 Å². The maximum Gasteiger partial charge on any atom is 0.238 e. The Kier molecular flexibility index (Phi) is 4.93. The first kappa shape index (κ1) is 14.3. The van der Waals surface area contributed by atoms with Crippen molar-refractivity contribution in [1.29, 1.82) is 0 Å². The molecule has 1 amide bonds. The minimum Gasteiger partial charge on any atom is -0.322 e. The molecule has 1 heterocycles. The molecule has 1 aromatic heterocycles. The van der Waals surface area contributed by atoms with Crippen molar-refractivity contribution >= 4 is 11.6 Å². The number of nitrogens with one attached hydrogen (secondary N) is 2. The standard InChI is InChI=1S/C13H20N4O/c1-6-7-14-8-12(18)15-13-10(4)16-17(9(2)3)11(13)5/h1,9,14H,7-8H2,2-5H3,(H,15,18). The van der Waals surface area contributed by atoms with Crippen molar-refractivity contribution in [1.82, 2.24) is 15.1 Å². The molecule has 2 N–H and O–H groups in total. The molecule has 0 bridgehead atoms. The van der Waals surface area contributed by atoms with Crippen LogP contribution in [0.3, 0.4) is 0 Å². The molecular weight excluding hydrogens is 228 g/mol. The maximum absolute atomic E-state index is 11.7. The Bertz CT molecular complexity index is 468. The molecule has 0 aliphatic rings. The van der Waals surface area contributed by atoms with Gasteiger partial charge in [-0.2, -0.15) is 5.10 Å². The van der Waals surface area contributed by atoms with Crippen LogP contribution in [0.15, 0.2) is 0 Å². The Morgan fingerprint density at radius 3 is 2.67 bits per heavy atom. The Hall–Kier alpha value is -1.80. The van der Waals surface area contributed by atoms with Crippen LogP contribution in [-0.4, -0.2) is 28.8 Å². The highest BCUT2D eigenvalue weighted by Gasteiger charge is 2.15. The number of nitrogens with zero attached hydrogens (tertiary/aromatic N) is 2. The summed E-state index contributed by atoms with van der Waals surface area (Å²) in [6.07, 6.45) is 5.09. The quantitative estimate of drug-likeness (QED) is 0.609. The molecule has 0 aromatic carbocycles. The highest BCUT2D eigenvalue weighted by atomic mass is 16.1. The molecule has 0 fully saturated rings. The fourth-order valence-electron chi connectivity index (χ4n) is 1.78. The third kappa shape index (κ3) is 3.34. The smallest absolute Gasteiger partial charge is 0.238 e. The third-order valence-electron chi connectivity index (χ3n) is 2.59. The summed E-state index contributed by atoms with van der Waals surface area (Å²) in [6.45, 7) is 8.53. The minimum atomic E-state index is -0.111. The van der Waals surface area contributed by atoms with Crippen molar-refractivity contribution in [3.8, 4) is 12.3 Å². The summed E-state index contributed by atoms with van der Waals surface area (Å²) in [7, 11) is 0. The molecule has 98 valence electrons. The fourth-order valence-corrected chi connectivity index (χ4v) is 1.78. The van der Waals surface area contributed by atoms with Gasteiger partial charge in [-0.15, -0.1) is 6.42 Å². The second kappa shape index (κ2) is 6.22. The monoisotopic (exact) mass is 248 g/mol. The van der Waals surface area contributed by atoms with Gasteiger partial charge in [0.2, 0.25) is 5.91 Å². The molecule has 0 atom stereocenters. The van der Waals surface area contributed by atoms with Crippen LogP contribution in [0.25, 0.3) is 0 Å². The molecule has 18 heavy (non-hydrogen) atoms. The minimum absolute atomic E-state index is 0.111. The predicted octanol–water partition coefficient (Wildman–Crippen LogP) is 1.24. The van der Waals surface area contributed by atoms with E-state index >= 15 is 0 Å². The van der Waals surface area contributed by atoms with Gasteiger partial charge in [-0.25, -0.2) is 0 Å². The Morgan fingerprint density at radius 2 is 2.17 bits per heavy atom. The number of carbonyl (C=O) groups excluding carboxylic acids is 1. The van der Waals surface area contributed by atoms with Gasteiger partial charge in [-0.05, 0) is 27.7 Å². The number of carbonyl (C=O) groups is 1. The number of hydrogen-bond acceptors (Lipinski definition) is 3. The second-order valence-electron chi connectivity index (χ2n) is 4.44. The third-order valence-corrected chi connectivity index (χ3v) is 2.59. The van der Waals surface area contributed by atoms with Crippen LogP contribution in [0.1, 0.15) is 31.3 Å². The summed E-state index contributed by atoms with van der Waals surface area (Å²) < 4.78 is 1.90. The van der Waals surface area contributed by atoms with Crippen LogP contribution in [-0.2, 0) is 4.79 Å².